The molecule has 0 spiro atoms. The maximum atomic E-state index is 14.5. The SMILES string of the molecule is COc1cc2nc(C)nc(NCc3cc(F)cc(C(F)(F)F)c3F)c2cc1OCCOC1(C)CC1. The lowest BCUT2D eigenvalue weighted by atomic mass is 10.1. The molecule has 1 N–H and O–H groups in total. The summed E-state index contributed by atoms with van der Waals surface area (Å²) >= 11 is 0. The number of anilines is 1. The number of rotatable bonds is 9. The lowest BCUT2D eigenvalue weighted by Gasteiger charge is -2.16. The summed E-state index contributed by atoms with van der Waals surface area (Å²) in [5.41, 5.74) is -1.77. The summed E-state index contributed by atoms with van der Waals surface area (Å²) in [6.07, 6.45) is -3.01. The van der Waals surface area contributed by atoms with E-state index in [9.17, 15) is 22.0 Å². The van der Waals surface area contributed by atoms with Gasteiger partial charge in [-0.3, -0.25) is 0 Å². The summed E-state index contributed by atoms with van der Waals surface area (Å²) in [4.78, 5) is 8.65. The van der Waals surface area contributed by atoms with Crippen molar-refractivity contribution in [2.75, 3.05) is 25.6 Å². The van der Waals surface area contributed by atoms with E-state index >= 15 is 0 Å². The zero-order valence-electron chi connectivity index (χ0n) is 19.4. The van der Waals surface area contributed by atoms with Gasteiger partial charge in [0.15, 0.2) is 11.5 Å². The van der Waals surface area contributed by atoms with Crippen molar-refractivity contribution in [2.45, 2.75) is 45.0 Å². The molecule has 1 saturated carbocycles. The fourth-order valence-corrected chi connectivity index (χ4v) is 3.58. The number of alkyl halides is 3. The second-order valence-corrected chi connectivity index (χ2v) is 8.56. The van der Waals surface area contributed by atoms with E-state index in [0.29, 0.717) is 40.9 Å². The number of hydrogen-bond acceptors (Lipinski definition) is 6. The van der Waals surface area contributed by atoms with Gasteiger partial charge < -0.3 is 19.5 Å². The van der Waals surface area contributed by atoms with E-state index in [0.717, 1.165) is 12.8 Å². The molecule has 0 unspecified atom stereocenters. The number of methoxy groups -OCH3 is 1. The second-order valence-electron chi connectivity index (χ2n) is 8.56. The molecule has 0 radical (unpaired) electrons. The number of aromatic nitrogens is 2. The van der Waals surface area contributed by atoms with Crippen LogP contribution in [0.25, 0.3) is 10.9 Å². The number of benzene rings is 2. The number of fused-ring (bicyclic) bond motifs is 1. The van der Waals surface area contributed by atoms with E-state index in [1.54, 1.807) is 19.1 Å². The summed E-state index contributed by atoms with van der Waals surface area (Å²) in [5, 5.41) is 3.27. The zero-order valence-corrected chi connectivity index (χ0v) is 19.4. The first-order valence-corrected chi connectivity index (χ1v) is 10.9. The first kappa shape index (κ1) is 24.9. The van der Waals surface area contributed by atoms with Crippen LogP contribution in [0.2, 0.25) is 0 Å². The number of nitrogens with one attached hydrogen (secondary N) is 1. The van der Waals surface area contributed by atoms with Crippen molar-refractivity contribution in [3.05, 3.63) is 52.9 Å². The van der Waals surface area contributed by atoms with Crippen LogP contribution in [0, 0.1) is 18.6 Å². The van der Waals surface area contributed by atoms with Crippen molar-refractivity contribution < 1.29 is 36.2 Å². The highest BCUT2D eigenvalue weighted by atomic mass is 19.4. The standard InChI is InChI=1S/C24H24F5N3O3/c1-13-31-18-11-19(33-3)20(34-6-7-35-23(2)4-5-23)10-16(18)22(32-13)30-12-14-8-15(25)9-17(21(14)26)24(27,28)29/h8-11H,4-7,12H2,1-3H3,(H,30,31,32). The van der Waals surface area contributed by atoms with Gasteiger partial charge in [0.05, 0.1) is 30.4 Å². The second kappa shape index (κ2) is 9.44. The van der Waals surface area contributed by atoms with E-state index < -0.39 is 35.5 Å². The van der Waals surface area contributed by atoms with Crippen LogP contribution in [0.4, 0.5) is 27.8 Å². The van der Waals surface area contributed by atoms with Crippen LogP contribution in [0.5, 0.6) is 11.5 Å². The lowest BCUT2D eigenvalue weighted by molar-refractivity contribution is -0.140. The molecular weight excluding hydrogens is 473 g/mol. The van der Waals surface area contributed by atoms with Gasteiger partial charge in [0.25, 0.3) is 0 Å². The Morgan fingerprint density at radius 1 is 1.03 bits per heavy atom. The number of aryl methyl sites for hydroxylation is 1. The third-order valence-electron chi connectivity index (χ3n) is 5.70. The van der Waals surface area contributed by atoms with Crippen molar-refractivity contribution in [3.63, 3.8) is 0 Å². The third-order valence-corrected chi connectivity index (χ3v) is 5.70. The third kappa shape index (κ3) is 5.72. The maximum Gasteiger partial charge on any atom is 0.419 e. The van der Waals surface area contributed by atoms with Gasteiger partial charge in [-0.05, 0) is 44.9 Å². The zero-order chi connectivity index (χ0) is 25.4. The molecule has 2 aromatic carbocycles. The Kier molecular flexibility index (Phi) is 6.72. The Morgan fingerprint density at radius 2 is 1.77 bits per heavy atom. The molecule has 1 aromatic heterocycles. The molecule has 3 aromatic rings. The summed E-state index contributed by atoms with van der Waals surface area (Å²) in [6.45, 7) is 3.87. The van der Waals surface area contributed by atoms with E-state index in [4.69, 9.17) is 14.2 Å². The molecule has 1 fully saturated rings. The predicted octanol–water partition coefficient (Wildman–Crippen LogP) is 5.80. The molecule has 0 aliphatic heterocycles. The molecule has 1 aliphatic rings. The fraction of sp³-hybridized carbons (Fsp3) is 0.417. The Bertz CT molecular complexity index is 1250. The topological polar surface area (TPSA) is 65.5 Å². The van der Waals surface area contributed by atoms with Crippen LogP contribution in [0.15, 0.2) is 24.3 Å². The molecule has 35 heavy (non-hydrogen) atoms. The number of halogens is 5. The number of ether oxygens (including phenoxy) is 3. The smallest absolute Gasteiger partial charge is 0.419 e. The van der Waals surface area contributed by atoms with Gasteiger partial charge in [-0.15, -0.1) is 0 Å². The Hall–Kier alpha value is -3.21. The molecule has 0 atom stereocenters. The van der Waals surface area contributed by atoms with E-state index in [1.807, 2.05) is 6.92 Å². The molecule has 1 aliphatic carbocycles. The maximum absolute atomic E-state index is 14.5. The molecule has 4 rings (SSSR count). The Morgan fingerprint density at radius 3 is 2.43 bits per heavy atom. The van der Waals surface area contributed by atoms with Gasteiger partial charge in [0.1, 0.15) is 29.9 Å². The number of hydrogen-bond donors (Lipinski definition) is 1. The van der Waals surface area contributed by atoms with Crippen LogP contribution in [0.3, 0.4) is 0 Å². The molecule has 0 bridgehead atoms. The van der Waals surface area contributed by atoms with E-state index in [2.05, 4.69) is 15.3 Å². The normalized spacial score (nSPS) is 14.7. The largest absolute Gasteiger partial charge is 0.493 e. The molecule has 6 nitrogen and oxygen atoms in total. The van der Waals surface area contributed by atoms with Crippen molar-refractivity contribution in [2.24, 2.45) is 0 Å². The highest BCUT2D eigenvalue weighted by molar-refractivity contribution is 5.91. The summed E-state index contributed by atoms with van der Waals surface area (Å²) < 4.78 is 84.4. The van der Waals surface area contributed by atoms with Gasteiger partial charge in [-0.2, -0.15) is 13.2 Å². The minimum Gasteiger partial charge on any atom is -0.493 e. The first-order valence-electron chi connectivity index (χ1n) is 10.9. The van der Waals surface area contributed by atoms with E-state index in [-0.39, 0.29) is 24.1 Å². The van der Waals surface area contributed by atoms with Crippen molar-refractivity contribution >= 4 is 16.7 Å². The Labute approximate surface area is 198 Å². The highest BCUT2D eigenvalue weighted by Gasteiger charge is 2.38. The Balaban J connectivity index is 1.60. The van der Waals surface area contributed by atoms with E-state index in [1.165, 1.54) is 7.11 Å². The highest BCUT2D eigenvalue weighted by Crippen LogP contribution is 2.39. The van der Waals surface area contributed by atoms with Gasteiger partial charge >= 0.3 is 6.18 Å². The fourth-order valence-electron chi connectivity index (χ4n) is 3.58. The molecule has 188 valence electrons. The molecule has 0 saturated heterocycles. The molecular formula is C24H24F5N3O3. The van der Waals surface area contributed by atoms with Gasteiger partial charge in [0, 0.05) is 23.6 Å². The van der Waals surface area contributed by atoms with Crippen LogP contribution >= 0.6 is 0 Å². The predicted molar refractivity (Wildman–Crippen MR) is 119 cm³/mol. The molecule has 1 heterocycles. The minimum absolute atomic E-state index is 0.0859. The quantitative estimate of drug-likeness (QED) is 0.298. The average molecular weight is 497 g/mol. The van der Waals surface area contributed by atoms with Gasteiger partial charge in [-0.1, -0.05) is 0 Å². The van der Waals surface area contributed by atoms with Crippen molar-refractivity contribution in [3.8, 4) is 11.5 Å². The van der Waals surface area contributed by atoms with Crippen molar-refractivity contribution in [1.82, 2.24) is 9.97 Å². The van der Waals surface area contributed by atoms with Crippen LogP contribution in [-0.2, 0) is 17.5 Å². The summed E-state index contributed by atoms with van der Waals surface area (Å²) in [6, 6.07) is 4.11. The van der Waals surface area contributed by atoms with Crippen LogP contribution in [0.1, 0.15) is 36.7 Å². The van der Waals surface area contributed by atoms with Crippen LogP contribution in [-0.4, -0.2) is 35.9 Å². The average Bonchev–Trinajstić information content (AvgIpc) is 3.52. The van der Waals surface area contributed by atoms with Gasteiger partial charge in [0.2, 0.25) is 0 Å². The summed E-state index contributed by atoms with van der Waals surface area (Å²) in [7, 11) is 1.48. The minimum atomic E-state index is -5.03. The van der Waals surface area contributed by atoms with Crippen LogP contribution < -0.4 is 14.8 Å². The number of nitrogens with zero attached hydrogens (tertiary/aromatic N) is 2. The summed E-state index contributed by atoms with van der Waals surface area (Å²) in [5.74, 6) is -1.35. The van der Waals surface area contributed by atoms with Gasteiger partial charge in [-0.25, -0.2) is 18.7 Å². The van der Waals surface area contributed by atoms with Crippen molar-refractivity contribution in [1.29, 1.82) is 0 Å². The molecule has 0 amide bonds. The lowest BCUT2D eigenvalue weighted by Crippen LogP contribution is -2.15. The monoisotopic (exact) mass is 497 g/mol. The first-order chi connectivity index (χ1) is 16.5. The molecule has 11 heteroatoms.